The van der Waals surface area contributed by atoms with Crippen molar-refractivity contribution in [2.75, 3.05) is 13.2 Å². The maximum Gasteiger partial charge on any atom is 0.341 e. The van der Waals surface area contributed by atoms with Crippen molar-refractivity contribution in [2.45, 2.75) is 26.1 Å². The Kier molecular flexibility index (Phi) is 6.26. The van der Waals surface area contributed by atoms with E-state index >= 15 is 0 Å². The molecule has 1 rings (SSSR count). The summed E-state index contributed by atoms with van der Waals surface area (Å²) in [4.78, 5) is 22.9. The van der Waals surface area contributed by atoms with E-state index in [1.807, 2.05) is 0 Å². The maximum atomic E-state index is 13.6. The molecule has 0 aromatic heterocycles. The Labute approximate surface area is 121 Å². The highest BCUT2D eigenvalue weighted by molar-refractivity contribution is 5.90. The number of esters is 2. The molecule has 1 aromatic rings. The molecular weight excluding hydrogens is 283 g/mol. The maximum absolute atomic E-state index is 13.6. The highest BCUT2D eigenvalue weighted by atomic mass is 19.1. The lowest BCUT2D eigenvalue weighted by molar-refractivity contribution is -0.159. The van der Waals surface area contributed by atoms with Crippen LogP contribution in [0.25, 0.3) is 0 Å². The van der Waals surface area contributed by atoms with Gasteiger partial charge in [0.1, 0.15) is 11.9 Å². The molecule has 116 valence electrons. The second-order valence-corrected chi connectivity index (χ2v) is 4.10. The molecule has 1 aromatic carbocycles. The van der Waals surface area contributed by atoms with E-state index < -0.39 is 30.0 Å². The first-order valence-corrected chi connectivity index (χ1v) is 6.41. The summed E-state index contributed by atoms with van der Waals surface area (Å²) in [5.41, 5.74) is -0.385. The van der Waals surface area contributed by atoms with E-state index in [9.17, 15) is 24.2 Å². The molecule has 0 aliphatic carbocycles. The summed E-state index contributed by atoms with van der Waals surface area (Å²) in [5, 5.41) is 19.5. The van der Waals surface area contributed by atoms with E-state index in [4.69, 9.17) is 0 Å². The second-order valence-electron chi connectivity index (χ2n) is 4.10. The number of halogens is 1. The number of hydrogen-bond acceptors (Lipinski definition) is 6. The highest BCUT2D eigenvalue weighted by Crippen LogP contribution is 2.21. The first-order valence-electron chi connectivity index (χ1n) is 6.41. The summed E-state index contributed by atoms with van der Waals surface area (Å²) in [6.07, 6.45) is -3.47. The molecule has 6 nitrogen and oxygen atoms in total. The van der Waals surface area contributed by atoms with Crippen molar-refractivity contribution < 1.29 is 33.7 Å². The monoisotopic (exact) mass is 300 g/mol. The minimum atomic E-state index is -1.83. The van der Waals surface area contributed by atoms with Crippen LogP contribution in [0.1, 0.15) is 35.9 Å². The molecular formula is C14H17FO6. The Morgan fingerprint density at radius 1 is 1.19 bits per heavy atom. The number of benzene rings is 1. The topological polar surface area (TPSA) is 93.1 Å². The molecule has 0 bridgehead atoms. The molecule has 0 spiro atoms. The van der Waals surface area contributed by atoms with Crippen molar-refractivity contribution in [1.29, 1.82) is 0 Å². The summed E-state index contributed by atoms with van der Waals surface area (Å²) in [7, 11) is 0. The zero-order chi connectivity index (χ0) is 16.0. The lowest BCUT2D eigenvalue weighted by Gasteiger charge is -2.17. The van der Waals surface area contributed by atoms with Crippen molar-refractivity contribution in [3.05, 3.63) is 35.1 Å². The van der Waals surface area contributed by atoms with E-state index in [2.05, 4.69) is 9.47 Å². The third-order valence-corrected chi connectivity index (χ3v) is 2.65. The van der Waals surface area contributed by atoms with Crippen LogP contribution in [0.15, 0.2) is 18.2 Å². The van der Waals surface area contributed by atoms with Crippen molar-refractivity contribution in [3.63, 3.8) is 0 Å². The van der Waals surface area contributed by atoms with Crippen molar-refractivity contribution in [1.82, 2.24) is 0 Å². The molecule has 21 heavy (non-hydrogen) atoms. The van der Waals surface area contributed by atoms with Gasteiger partial charge in [0.05, 0.1) is 18.8 Å². The number of carbonyl (C=O) groups is 2. The summed E-state index contributed by atoms with van der Waals surface area (Å²) >= 11 is 0. The third kappa shape index (κ3) is 4.24. The van der Waals surface area contributed by atoms with E-state index in [-0.39, 0.29) is 24.3 Å². The standard InChI is InChI=1S/C14H17FO6/c1-3-20-13(18)9-7-8(5-6-10(9)15)11(16)12(17)14(19)21-4-2/h5-7,11-12,16-17H,3-4H2,1-2H3. The first-order chi connectivity index (χ1) is 9.92. The van der Waals surface area contributed by atoms with Gasteiger partial charge in [-0.25, -0.2) is 14.0 Å². The van der Waals surface area contributed by atoms with Gasteiger partial charge in [0, 0.05) is 0 Å². The van der Waals surface area contributed by atoms with Gasteiger partial charge in [0.2, 0.25) is 0 Å². The van der Waals surface area contributed by atoms with Crippen LogP contribution >= 0.6 is 0 Å². The van der Waals surface area contributed by atoms with Crippen molar-refractivity contribution in [3.8, 4) is 0 Å². The van der Waals surface area contributed by atoms with Crippen LogP contribution in [0.4, 0.5) is 4.39 Å². The Morgan fingerprint density at radius 3 is 2.38 bits per heavy atom. The SMILES string of the molecule is CCOC(=O)c1cc(C(O)C(O)C(=O)OCC)ccc1F. The molecule has 7 heteroatoms. The molecule has 0 saturated carbocycles. The summed E-state index contributed by atoms with van der Waals surface area (Å²) < 4.78 is 22.8. The molecule has 0 aliphatic rings. The molecule has 2 atom stereocenters. The Morgan fingerprint density at radius 2 is 1.81 bits per heavy atom. The largest absolute Gasteiger partial charge is 0.464 e. The molecule has 2 unspecified atom stereocenters. The molecule has 0 saturated heterocycles. The molecule has 0 amide bonds. The summed E-state index contributed by atoms with van der Waals surface area (Å²) in [5.74, 6) is -2.73. The Bertz CT molecular complexity index is 516. The normalized spacial score (nSPS) is 13.4. The van der Waals surface area contributed by atoms with Gasteiger partial charge in [-0.1, -0.05) is 6.07 Å². The zero-order valence-electron chi connectivity index (χ0n) is 11.7. The van der Waals surface area contributed by atoms with E-state index in [1.54, 1.807) is 13.8 Å². The van der Waals surface area contributed by atoms with Gasteiger partial charge in [0.15, 0.2) is 6.10 Å². The number of hydrogen-bond donors (Lipinski definition) is 2. The van der Waals surface area contributed by atoms with Crippen LogP contribution in [0.5, 0.6) is 0 Å². The van der Waals surface area contributed by atoms with Crippen LogP contribution < -0.4 is 0 Å². The number of carbonyl (C=O) groups excluding carboxylic acids is 2. The quantitative estimate of drug-likeness (QED) is 0.760. The van der Waals surface area contributed by atoms with Crippen LogP contribution in [-0.4, -0.2) is 41.5 Å². The van der Waals surface area contributed by atoms with Gasteiger partial charge in [-0.3, -0.25) is 0 Å². The fourth-order valence-corrected chi connectivity index (χ4v) is 1.63. The number of ether oxygens (including phenoxy) is 2. The van der Waals surface area contributed by atoms with Gasteiger partial charge in [-0.15, -0.1) is 0 Å². The van der Waals surface area contributed by atoms with Crippen LogP contribution in [0.3, 0.4) is 0 Å². The van der Waals surface area contributed by atoms with Crippen molar-refractivity contribution >= 4 is 11.9 Å². The summed E-state index contributed by atoms with van der Waals surface area (Å²) in [6.45, 7) is 3.23. The molecule has 0 heterocycles. The summed E-state index contributed by atoms with van der Waals surface area (Å²) in [6, 6.07) is 3.13. The van der Waals surface area contributed by atoms with E-state index in [0.717, 1.165) is 18.2 Å². The first kappa shape index (κ1) is 17.1. The lowest BCUT2D eigenvalue weighted by atomic mass is 10.0. The molecule has 2 N–H and O–H groups in total. The highest BCUT2D eigenvalue weighted by Gasteiger charge is 2.28. The van der Waals surface area contributed by atoms with Crippen LogP contribution in [0.2, 0.25) is 0 Å². The fourth-order valence-electron chi connectivity index (χ4n) is 1.63. The smallest absolute Gasteiger partial charge is 0.341 e. The van der Waals surface area contributed by atoms with Gasteiger partial charge in [-0.2, -0.15) is 0 Å². The average molecular weight is 300 g/mol. The fraction of sp³-hybridized carbons (Fsp3) is 0.429. The van der Waals surface area contributed by atoms with Crippen molar-refractivity contribution in [2.24, 2.45) is 0 Å². The van der Waals surface area contributed by atoms with E-state index in [1.165, 1.54) is 0 Å². The third-order valence-electron chi connectivity index (χ3n) is 2.65. The lowest BCUT2D eigenvalue weighted by Crippen LogP contribution is -2.30. The average Bonchev–Trinajstić information content (AvgIpc) is 2.46. The Balaban J connectivity index is 3.00. The predicted octanol–water partition coefficient (Wildman–Crippen LogP) is 0.960. The zero-order valence-corrected chi connectivity index (χ0v) is 11.7. The van der Waals surface area contributed by atoms with E-state index in [0.29, 0.717) is 0 Å². The number of aliphatic hydroxyl groups excluding tert-OH is 2. The minimum Gasteiger partial charge on any atom is -0.464 e. The second kappa shape index (κ2) is 7.70. The van der Waals surface area contributed by atoms with Gasteiger partial charge < -0.3 is 19.7 Å². The Hall–Kier alpha value is -1.99. The van der Waals surface area contributed by atoms with Gasteiger partial charge >= 0.3 is 11.9 Å². The predicted molar refractivity (Wildman–Crippen MR) is 70.0 cm³/mol. The minimum absolute atomic E-state index is 0.00000567. The molecule has 0 aliphatic heterocycles. The number of rotatable bonds is 6. The molecule has 0 fully saturated rings. The van der Waals surface area contributed by atoms with Crippen LogP contribution in [0, 0.1) is 5.82 Å². The van der Waals surface area contributed by atoms with Gasteiger partial charge in [0.25, 0.3) is 0 Å². The molecule has 0 radical (unpaired) electrons. The number of aliphatic hydroxyl groups is 2. The van der Waals surface area contributed by atoms with Gasteiger partial charge in [-0.05, 0) is 31.5 Å². The van der Waals surface area contributed by atoms with Crippen LogP contribution in [-0.2, 0) is 14.3 Å².